The first kappa shape index (κ1) is 12.0. The number of halogens is 2. The molecule has 1 aromatic carbocycles. The lowest BCUT2D eigenvalue weighted by Crippen LogP contribution is -2.05. The summed E-state index contributed by atoms with van der Waals surface area (Å²) in [6.45, 7) is 0.218. The SMILES string of the molecule is O=C(O)c1ccc(F)c(Cn2cc(I)cn2)c1. The van der Waals surface area contributed by atoms with E-state index >= 15 is 0 Å². The Balaban J connectivity index is 2.31. The average molecular weight is 346 g/mol. The number of rotatable bonds is 3. The van der Waals surface area contributed by atoms with E-state index in [1.807, 2.05) is 0 Å². The van der Waals surface area contributed by atoms with Crippen LogP contribution >= 0.6 is 22.6 Å². The van der Waals surface area contributed by atoms with Crippen LogP contribution in [0.1, 0.15) is 15.9 Å². The van der Waals surface area contributed by atoms with E-state index in [4.69, 9.17) is 5.11 Å². The van der Waals surface area contributed by atoms with E-state index < -0.39 is 11.8 Å². The zero-order valence-electron chi connectivity index (χ0n) is 8.60. The molecule has 0 saturated heterocycles. The molecular weight excluding hydrogens is 338 g/mol. The Morgan fingerprint density at radius 3 is 2.88 bits per heavy atom. The normalized spacial score (nSPS) is 10.5. The molecule has 6 heteroatoms. The average Bonchev–Trinajstić information content (AvgIpc) is 2.67. The molecule has 0 unspecified atom stereocenters. The molecule has 17 heavy (non-hydrogen) atoms. The minimum absolute atomic E-state index is 0.0725. The van der Waals surface area contributed by atoms with Crippen molar-refractivity contribution in [3.05, 3.63) is 51.1 Å². The smallest absolute Gasteiger partial charge is 0.335 e. The van der Waals surface area contributed by atoms with Gasteiger partial charge in [0.25, 0.3) is 0 Å². The van der Waals surface area contributed by atoms with Crippen molar-refractivity contribution in [3.63, 3.8) is 0 Å². The molecule has 0 radical (unpaired) electrons. The third-order valence-corrected chi connectivity index (χ3v) is 2.78. The van der Waals surface area contributed by atoms with Crippen molar-refractivity contribution in [2.45, 2.75) is 6.54 Å². The van der Waals surface area contributed by atoms with Gasteiger partial charge < -0.3 is 5.11 Å². The van der Waals surface area contributed by atoms with E-state index in [1.165, 1.54) is 12.1 Å². The highest BCUT2D eigenvalue weighted by Gasteiger charge is 2.09. The molecule has 0 amide bonds. The molecule has 1 aromatic heterocycles. The summed E-state index contributed by atoms with van der Waals surface area (Å²) in [5.41, 5.74) is 0.382. The van der Waals surface area contributed by atoms with Gasteiger partial charge in [0, 0.05) is 11.8 Å². The lowest BCUT2D eigenvalue weighted by atomic mass is 10.1. The minimum Gasteiger partial charge on any atom is -0.478 e. The first-order chi connectivity index (χ1) is 8.06. The standard InChI is InChI=1S/C11H8FIN2O2/c12-10-2-1-7(11(16)17)3-8(10)5-15-6-9(13)4-14-15/h1-4,6H,5H2,(H,16,17). The maximum atomic E-state index is 13.5. The molecule has 0 aliphatic carbocycles. The summed E-state index contributed by atoms with van der Waals surface area (Å²) in [4.78, 5) is 10.8. The number of aromatic carboxylic acids is 1. The van der Waals surface area contributed by atoms with Gasteiger partial charge in [0.2, 0.25) is 0 Å². The fraction of sp³-hybridized carbons (Fsp3) is 0.0909. The summed E-state index contributed by atoms with van der Waals surface area (Å²) in [7, 11) is 0. The van der Waals surface area contributed by atoms with Gasteiger partial charge in [0.1, 0.15) is 5.82 Å². The Morgan fingerprint density at radius 1 is 1.53 bits per heavy atom. The van der Waals surface area contributed by atoms with Crippen LogP contribution in [0.25, 0.3) is 0 Å². The maximum absolute atomic E-state index is 13.5. The molecule has 0 aliphatic rings. The van der Waals surface area contributed by atoms with E-state index in [9.17, 15) is 9.18 Å². The number of benzene rings is 1. The summed E-state index contributed by atoms with van der Waals surface area (Å²) in [6, 6.07) is 3.73. The predicted molar refractivity (Wildman–Crippen MR) is 67.4 cm³/mol. The van der Waals surface area contributed by atoms with Gasteiger partial charge in [-0.05, 0) is 40.8 Å². The summed E-state index contributed by atoms with van der Waals surface area (Å²) in [5.74, 6) is -1.50. The topological polar surface area (TPSA) is 55.1 Å². The van der Waals surface area contributed by atoms with E-state index in [0.29, 0.717) is 5.56 Å². The Kier molecular flexibility index (Phi) is 3.41. The number of carboxylic acid groups (broad SMARTS) is 1. The van der Waals surface area contributed by atoms with Gasteiger partial charge in [-0.3, -0.25) is 4.68 Å². The fourth-order valence-corrected chi connectivity index (χ4v) is 1.87. The second kappa shape index (κ2) is 4.82. The van der Waals surface area contributed by atoms with Gasteiger partial charge in [-0.2, -0.15) is 5.10 Å². The minimum atomic E-state index is -1.07. The van der Waals surface area contributed by atoms with Gasteiger partial charge >= 0.3 is 5.97 Å². The van der Waals surface area contributed by atoms with Crippen LogP contribution in [0.3, 0.4) is 0 Å². The highest BCUT2D eigenvalue weighted by Crippen LogP contribution is 2.13. The Hall–Kier alpha value is -1.44. The van der Waals surface area contributed by atoms with E-state index in [2.05, 4.69) is 27.7 Å². The third-order valence-electron chi connectivity index (χ3n) is 2.23. The zero-order chi connectivity index (χ0) is 12.4. The van der Waals surface area contributed by atoms with Gasteiger partial charge in [0.15, 0.2) is 0 Å². The van der Waals surface area contributed by atoms with Crippen molar-refractivity contribution in [1.29, 1.82) is 0 Å². The molecule has 0 aliphatic heterocycles. The van der Waals surface area contributed by atoms with Crippen molar-refractivity contribution in [2.24, 2.45) is 0 Å². The molecule has 2 aromatic rings. The van der Waals surface area contributed by atoms with Gasteiger partial charge in [-0.25, -0.2) is 9.18 Å². The van der Waals surface area contributed by atoms with Crippen LogP contribution in [0.15, 0.2) is 30.6 Å². The Morgan fingerprint density at radius 2 is 2.29 bits per heavy atom. The van der Waals surface area contributed by atoms with E-state index in [1.54, 1.807) is 17.1 Å². The molecule has 0 saturated carbocycles. The molecule has 0 atom stereocenters. The lowest BCUT2D eigenvalue weighted by molar-refractivity contribution is 0.0696. The first-order valence-electron chi connectivity index (χ1n) is 4.76. The first-order valence-corrected chi connectivity index (χ1v) is 5.84. The van der Waals surface area contributed by atoms with Crippen LogP contribution in [0.4, 0.5) is 4.39 Å². The number of aromatic nitrogens is 2. The monoisotopic (exact) mass is 346 g/mol. The Bertz CT molecular complexity index is 568. The largest absolute Gasteiger partial charge is 0.478 e. The summed E-state index contributed by atoms with van der Waals surface area (Å²) < 4.78 is 16.0. The van der Waals surface area contributed by atoms with Crippen LogP contribution in [0.2, 0.25) is 0 Å². The summed E-state index contributed by atoms with van der Waals surface area (Å²) in [5, 5.41) is 12.8. The quantitative estimate of drug-likeness (QED) is 0.869. The maximum Gasteiger partial charge on any atom is 0.335 e. The molecule has 4 nitrogen and oxygen atoms in total. The van der Waals surface area contributed by atoms with Crippen molar-refractivity contribution in [3.8, 4) is 0 Å². The number of carbonyl (C=O) groups is 1. The van der Waals surface area contributed by atoms with Crippen LogP contribution in [0.5, 0.6) is 0 Å². The second-order valence-electron chi connectivity index (χ2n) is 3.47. The number of nitrogens with zero attached hydrogens (tertiary/aromatic N) is 2. The second-order valence-corrected chi connectivity index (χ2v) is 4.71. The van der Waals surface area contributed by atoms with Gasteiger partial charge in [-0.1, -0.05) is 0 Å². The molecule has 0 bridgehead atoms. The van der Waals surface area contributed by atoms with Crippen LogP contribution in [0, 0.1) is 9.39 Å². The van der Waals surface area contributed by atoms with Crippen LogP contribution in [-0.2, 0) is 6.54 Å². The molecule has 2 rings (SSSR count). The molecular formula is C11H8FIN2O2. The molecule has 0 spiro atoms. The molecule has 88 valence electrons. The zero-order valence-corrected chi connectivity index (χ0v) is 10.8. The molecule has 0 fully saturated rings. The van der Waals surface area contributed by atoms with Crippen molar-refractivity contribution in [2.75, 3.05) is 0 Å². The number of hydrogen-bond acceptors (Lipinski definition) is 2. The summed E-state index contributed by atoms with van der Waals surface area (Å²) >= 11 is 2.10. The predicted octanol–water partition coefficient (Wildman–Crippen LogP) is 2.37. The van der Waals surface area contributed by atoms with Crippen molar-refractivity contribution < 1.29 is 14.3 Å². The fourth-order valence-electron chi connectivity index (χ4n) is 1.43. The van der Waals surface area contributed by atoms with E-state index in [-0.39, 0.29) is 12.1 Å². The Labute approximate surface area is 110 Å². The van der Waals surface area contributed by atoms with Crippen LogP contribution in [-0.4, -0.2) is 20.9 Å². The van der Waals surface area contributed by atoms with E-state index in [0.717, 1.165) is 9.64 Å². The number of carboxylic acids is 1. The van der Waals surface area contributed by atoms with Crippen molar-refractivity contribution >= 4 is 28.6 Å². The lowest BCUT2D eigenvalue weighted by Gasteiger charge is -2.04. The van der Waals surface area contributed by atoms with Gasteiger partial charge in [-0.15, -0.1) is 0 Å². The highest BCUT2D eigenvalue weighted by molar-refractivity contribution is 14.1. The molecule has 1 N–H and O–H groups in total. The molecule has 1 heterocycles. The third kappa shape index (κ3) is 2.82. The number of hydrogen-bond donors (Lipinski definition) is 1. The van der Waals surface area contributed by atoms with Crippen molar-refractivity contribution in [1.82, 2.24) is 9.78 Å². The van der Waals surface area contributed by atoms with Gasteiger partial charge in [0.05, 0.1) is 21.9 Å². The highest BCUT2D eigenvalue weighted by atomic mass is 127. The summed E-state index contributed by atoms with van der Waals surface area (Å²) in [6.07, 6.45) is 3.41. The van der Waals surface area contributed by atoms with Crippen LogP contribution < -0.4 is 0 Å².